The van der Waals surface area contributed by atoms with E-state index in [4.69, 9.17) is 5.73 Å². The summed E-state index contributed by atoms with van der Waals surface area (Å²) in [5.41, 5.74) is 8.04. The lowest BCUT2D eigenvalue weighted by molar-refractivity contribution is 0.893. The predicted molar refractivity (Wildman–Crippen MR) is 77.8 cm³/mol. The summed E-state index contributed by atoms with van der Waals surface area (Å²) >= 11 is 0. The topological polar surface area (TPSA) is 76.7 Å². The second-order valence-electron chi connectivity index (χ2n) is 4.54. The molecule has 0 atom stereocenters. The van der Waals surface area contributed by atoms with Crippen molar-refractivity contribution in [2.24, 2.45) is 0 Å². The van der Waals surface area contributed by atoms with Gasteiger partial charge in [0.1, 0.15) is 5.82 Å². The molecule has 5 heteroatoms. The molecular formula is C15H14N4O. The fourth-order valence-electron chi connectivity index (χ4n) is 2.18. The molecule has 0 saturated heterocycles. The Bertz CT molecular complexity index is 774. The highest BCUT2D eigenvalue weighted by Crippen LogP contribution is 2.13. The summed E-state index contributed by atoms with van der Waals surface area (Å²) in [5, 5.41) is 6.60. The van der Waals surface area contributed by atoms with Crippen LogP contribution in [0.2, 0.25) is 0 Å². The second-order valence-corrected chi connectivity index (χ2v) is 4.54. The Morgan fingerprint density at radius 3 is 2.65 bits per heavy atom. The number of nitrogens with one attached hydrogen (secondary N) is 1. The number of aromatic nitrogens is 3. The van der Waals surface area contributed by atoms with Crippen LogP contribution in [0.3, 0.4) is 0 Å². The van der Waals surface area contributed by atoms with Crippen LogP contribution in [0.25, 0.3) is 5.69 Å². The molecule has 1 aromatic heterocycles. The Morgan fingerprint density at radius 2 is 1.90 bits per heavy atom. The maximum Gasteiger partial charge on any atom is 0.347 e. The first kappa shape index (κ1) is 12.2. The van der Waals surface area contributed by atoms with Gasteiger partial charge in [0, 0.05) is 12.1 Å². The van der Waals surface area contributed by atoms with E-state index in [1.54, 1.807) is 4.57 Å². The summed E-state index contributed by atoms with van der Waals surface area (Å²) in [7, 11) is 0. The highest BCUT2D eigenvalue weighted by Gasteiger charge is 2.10. The van der Waals surface area contributed by atoms with Crippen LogP contribution in [0.1, 0.15) is 11.4 Å². The van der Waals surface area contributed by atoms with Gasteiger partial charge in [-0.25, -0.2) is 14.5 Å². The third kappa shape index (κ3) is 2.33. The number of hydrogen-bond donors (Lipinski definition) is 2. The lowest BCUT2D eigenvalue weighted by Crippen LogP contribution is -2.17. The van der Waals surface area contributed by atoms with Crippen LogP contribution in [0.5, 0.6) is 0 Å². The van der Waals surface area contributed by atoms with Crippen LogP contribution in [0, 0.1) is 0 Å². The summed E-state index contributed by atoms with van der Waals surface area (Å²) in [6.07, 6.45) is 0.540. The molecule has 3 rings (SSSR count). The summed E-state index contributed by atoms with van der Waals surface area (Å²) in [6.45, 7) is 0. The van der Waals surface area contributed by atoms with Crippen LogP contribution in [0.15, 0.2) is 59.4 Å². The molecule has 3 aromatic rings. The van der Waals surface area contributed by atoms with Gasteiger partial charge in [0.15, 0.2) is 0 Å². The lowest BCUT2D eigenvalue weighted by Gasteiger charge is -2.06. The molecule has 0 fully saturated rings. The van der Waals surface area contributed by atoms with Gasteiger partial charge in [-0.05, 0) is 29.8 Å². The number of anilines is 1. The summed E-state index contributed by atoms with van der Waals surface area (Å²) < 4.78 is 1.57. The van der Waals surface area contributed by atoms with Gasteiger partial charge in [-0.15, -0.1) is 0 Å². The van der Waals surface area contributed by atoms with Crippen LogP contribution in [-0.4, -0.2) is 14.8 Å². The first-order valence-electron chi connectivity index (χ1n) is 6.30. The molecule has 0 aliphatic carbocycles. The number of benzene rings is 2. The zero-order valence-electron chi connectivity index (χ0n) is 10.8. The molecule has 20 heavy (non-hydrogen) atoms. The van der Waals surface area contributed by atoms with Crippen LogP contribution in [-0.2, 0) is 6.42 Å². The number of nitrogens with zero attached hydrogens (tertiary/aromatic N) is 2. The van der Waals surface area contributed by atoms with Crippen molar-refractivity contribution in [3.05, 3.63) is 76.5 Å². The molecular weight excluding hydrogens is 252 g/mol. The van der Waals surface area contributed by atoms with Gasteiger partial charge in [-0.2, -0.15) is 5.10 Å². The van der Waals surface area contributed by atoms with E-state index in [0.29, 0.717) is 17.9 Å². The average molecular weight is 266 g/mol. The minimum absolute atomic E-state index is 0.241. The summed E-state index contributed by atoms with van der Waals surface area (Å²) in [6, 6.07) is 17.0. The minimum Gasteiger partial charge on any atom is -0.399 e. The first-order chi connectivity index (χ1) is 9.74. The number of H-pyrrole nitrogens is 1. The van der Waals surface area contributed by atoms with Crippen molar-refractivity contribution in [2.45, 2.75) is 6.42 Å². The maximum atomic E-state index is 11.9. The van der Waals surface area contributed by atoms with E-state index < -0.39 is 0 Å². The van der Waals surface area contributed by atoms with Gasteiger partial charge in [0.05, 0.1) is 5.69 Å². The average Bonchev–Trinajstić information content (AvgIpc) is 2.81. The number of hydrogen-bond acceptors (Lipinski definition) is 3. The monoisotopic (exact) mass is 266 g/mol. The lowest BCUT2D eigenvalue weighted by atomic mass is 10.1. The van der Waals surface area contributed by atoms with E-state index in [1.165, 1.54) is 0 Å². The van der Waals surface area contributed by atoms with E-state index >= 15 is 0 Å². The van der Waals surface area contributed by atoms with Gasteiger partial charge in [-0.3, -0.25) is 0 Å². The Balaban J connectivity index is 2.02. The number of nitrogen functional groups attached to an aromatic ring is 1. The minimum atomic E-state index is -0.241. The van der Waals surface area contributed by atoms with Crippen molar-refractivity contribution in [1.29, 1.82) is 0 Å². The maximum absolute atomic E-state index is 11.9. The van der Waals surface area contributed by atoms with Gasteiger partial charge in [-0.1, -0.05) is 30.3 Å². The largest absolute Gasteiger partial charge is 0.399 e. The SMILES string of the molecule is Nc1cccc(Cc2n[nH]c(=O)n2-c2ccccc2)c1. The summed E-state index contributed by atoms with van der Waals surface area (Å²) in [5.74, 6) is 0.659. The van der Waals surface area contributed by atoms with Crippen molar-refractivity contribution >= 4 is 5.69 Å². The van der Waals surface area contributed by atoms with Crippen molar-refractivity contribution in [3.8, 4) is 5.69 Å². The first-order valence-corrected chi connectivity index (χ1v) is 6.30. The molecule has 0 spiro atoms. The van der Waals surface area contributed by atoms with E-state index in [0.717, 1.165) is 11.3 Å². The van der Waals surface area contributed by atoms with Crippen LogP contribution < -0.4 is 11.4 Å². The molecule has 0 unspecified atom stereocenters. The standard InChI is InChI=1S/C15H14N4O/c16-12-6-4-5-11(9-12)10-14-17-18-15(20)19(14)13-7-2-1-3-8-13/h1-9H,10,16H2,(H,18,20). The zero-order valence-corrected chi connectivity index (χ0v) is 10.8. The predicted octanol–water partition coefficient (Wildman–Crippen LogP) is 1.73. The Morgan fingerprint density at radius 1 is 1.10 bits per heavy atom. The van der Waals surface area contributed by atoms with Crippen molar-refractivity contribution < 1.29 is 0 Å². The second kappa shape index (κ2) is 5.05. The quantitative estimate of drug-likeness (QED) is 0.709. The Labute approximate surface area is 115 Å². The number of para-hydroxylation sites is 1. The van der Waals surface area contributed by atoms with Gasteiger partial charge < -0.3 is 5.73 Å². The Hall–Kier alpha value is -2.82. The number of aromatic amines is 1. The highest BCUT2D eigenvalue weighted by atomic mass is 16.1. The third-order valence-electron chi connectivity index (χ3n) is 3.07. The number of rotatable bonds is 3. The fraction of sp³-hybridized carbons (Fsp3) is 0.0667. The molecule has 0 aliphatic rings. The summed E-state index contributed by atoms with van der Waals surface area (Å²) in [4.78, 5) is 11.9. The van der Waals surface area contributed by atoms with E-state index in [1.807, 2.05) is 54.6 Å². The molecule has 0 amide bonds. The molecule has 5 nitrogen and oxygen atoms in total. The molecule has 0 bridgehead atoms. The Kier molecular flexibility index (Phi) is 3.09. The van der Waals surface area contributed by atoms with Crippen LogP contribution in [0.4, 0.5) is 5.69 Å². The smallest absolute Gasteiger partial charge is 0.347 e. The third-order valence-corrected chi connectivity index (χ3v) is 3.07. The van der Waals surface area contributed by atoms with Gasteiger partial charge in [0.2, 0.25) is 0 Å². The normalized spacial score (nSPS) is 10.6. The highest BCUT2D eigenvalue weighted by molar-refractivity contribution is 5.42. The van der Waals surface area contributed by atoms with E-state index in [2.05, 4.69) is 10.2 Å². The van der Waals surface area contributed by atoms with E-state index in [-0.39, 0.29) is 5.69 Å². The molecule has 0 saturated carbocycles. The van der Waals surface area contributed by atoms with Crippen molar-refractivity contribution in [2.75, 3.05) is 5.73 Å². The fourth-order valence-corrected chi connectivity index (χ4v) is 2.18. The van der Waals surface area contributed by atoms with Crippen molar-refractivity contribution in [3.63, 3.8) is 0 Å². The van der Waals surface area contributed by atoms with Gasteiger partial charge >= 0.3 is 5.69 Å². The molecule has 100 valence electrons. The molecule has 0 radical (unpaired) electrons. The molecule has 2 aromatic carbocycles. The molecule has 0 aliphatic heterocycles. The molecule has 1 heterocycles. The number of nitrogens with two attached hydrogens (primary N) is 1. The van der Waals surface area contributed by atoms with Crippen molar-refractivity contribution in [1.82, 2.24) is 14.8 Å². The molecule has 3 N–H and O–H groups in total. The van der Waals surface area contributed by atoms with Crippen LogP contribution >= 0.6 is 0 Å². The van der Waals surface area contributed by atoms with E-state index in [9.17, 15) is 4.79 Å². The zero-order chi connectivity index (χ0) is 13.9. The van der Waals surface area contributed by atoms with Gasteiger partial charge in [0.25, 0.3) is 0 Å².